The molecule has 12 heteroatoms. The number of hydrogen-bond acceptors (Lipinski definition) is 6. The fourth-order valence-corrected chi connectivity index (χ4v) is 4.85. The van der Waals surface area contributed by atoms with Gasteiger partial charge in [0, 0.05) is 44.2 Å². The second-order valence-electron chi connectivity index (χ2n) is 8.93. The molecular weight excluding hydrogens is 447 g/mol. The predicted octanol–water partition coefficient (Wildman–Crippen LogP) is 3.99. The van der Waals surface area contributed by atoms with Crippen molar-refractivity contribution in [2.75, 3.05) is 5.32 Å². The van der Waals surface area contributed by atoms with E-state index in [9.17, 15) is 13.2 Å². The van der Waals surface area contributed by atoms with Gasteiger partial charge in [0.15, 0.2) is 5.82 Å². The number of fused-ring (bicyclic) bond motifs is 3. The van der Waals surface area contributed by atoms with Crippen LogP contribution in [0.5, 0.6) is 0 Å². The molecule has 0 saturated heterocycles. The lowest BCUT2D eigenvalue weighted by Crippen LogP contribution is -2.50. The minimum Gasteiger partial charge on any atom is -0.342 e. The van der Waals surface area contributed by atoms with Crippen molar-refractivity contribution in [1.29, 1.82) is 0 Å². The first-order chi connectivity index (χ1) is 16.3. The summed E-state index contributed by atoms with van der Waals surface area (Å²) in [7, 11) is 1.82. The molecule has 0 spiro atoms. The maximum atomic E-state index is 13.9. The van der Waals surface area contributed by atoms with E-state index in [2.05, 4.69) is 30.6 Å². The van der Waals surface area contributed by atoms with Crippen LogP contribution in [-0.2, 0) is 25.6 Å². The van der Waals surface area contributed by atoms with Crippen LogP contribution in [0.1, 0.15) is 30.7 Å². The molecule has 1 fully saturated rings. The molecule has 0 radical (unpaired) electrons. The third kappa shape index (κ3) is 2.97. The SMILES string of the molecule is Cc1cnc(Nc2ccnn2C)nc1-c1cc2n(c1)CCn1c-2nnc1C1(C(F)(F)F)CCC1. The highest BCUT2D eigenvalue weighted by molar-refractivity contribution is 5.70. The topological polar surface area (TPSA) is 91.3 Å². The Hall–Kier alpha value is -3.70. The summed E-state index contributed by atoms with van der Waals surface area (Å²) >= 11 is 0. The molecule has 176 valence electrons. The molecule has 1 N–H and O–H groups in total. The summed E-state index contributed by atoms with van der Waals surface area (Å²) < 4.78 is 47.2. The molecule has 0 aromatic carbocycles. The molecule has 1 aliphatic carbocycles. The smallest absolute Gasteiger partial charge is 0.342 e. The monoisotopic (exact) mass is 469 g/mol. The van der Waals surface area contributed by atoms with Gasteiger partial charge in [-0.05, 0) is 31.4 Å². The molecule has 4 aromatic heterocycles. The number of alkyl halides is 3. The van der Waals surface area contributed by atoms with Crippen LogP contribution in [0.25, 0.3) is 22.8 Å². The number of hydrogen-bond donors (Lipinski definition) is 1. The van der Waals surface area contributed by atoms with Gasteiger partial charge in [-0.25, -0.2) is 9.97 Å². The zero-order valence-corrected chi connectivity index (χ0v) is 18.6. The lowest BCUT2D eigenvalue weighted by molar-refractivity contribution is -0.216. The molecule has 0 bridgehead atoms. The summed E-state index contributed by atoms with van der Waals surface area (Å²) in [5.41, 5.74) is 1.31. The summed E-state index contributed by atoms with van der Waals surface area (Å²) in [6.45, 7) is 2.85. The Labute approximate surface area is 192 Å². The first kappa shape index (κ1) is 20.9. The van der Waals surface area contributed by atoms with Crippen LogP contribution in [0.15, 0.2) is 30.7 Å². The Morgan fingerprint density at radius 1 is 1.15 bits per heavy atom. The normalized spacial score (nSPS) is 16.6. The van der Waals surface area contributed by atoms with E-state index in [1.807, 2.05) is 36.9 Å². The highest BCUT2D eigenvalue weighted by Crippen LogP contribution is 2.54. The minimum atomic E-state index is -4.34. The van der Waals surface area contributed by atoms with Crippen molar-refractivity contribution in [2.45, 2.75) is 50.9 Å². The number of nitrogens with one attached hydrogen (secondary N) is 1. The van der Waals surface area contributed by atoms with Crippen molar-refractivity contribution in [3.05, 3.63) is 42.1 Å². The Kier molecular flexibility index (Phi) is 4.39. The van der Waals surface area contributed by atoms with Gasteiger partial charge < -0.3 is 14.5 Å². The van der Waals surface area contributed by atoms with Crippen molar-refractivity contribution in [3.8, 4) is 22.8 Å². The van der Waals surface area contributed by atoms with E-state index in [-0.39, 0.29) is 18.7 Å². The zero-order chi connectivity index (χ0) is 23.7. The van der Waals surface area contributed by atoms with Crippen LogP contribution in [0.4, 0.5) is 24.9 Å². The van der Waals surface area contributed by atoms with Crippen LogP contribution in [0.3, 0.4) is 0 Å². The Balaban J connectivity index is 1.38. The first-order valence-corrected chi connectivity index (χ1v) is 11.1. The number of aromatic nitrogens is 8. The van der Waals surface area contributed by atoms with Gasteiger partial charge in [-0.15, -0.1) is 10.2 Å². The van der Waals surface area contributed by atoms with Gasteiger partial charge in [-0.1, -0.05) is 6.42 Å². The van der Waals surface area contributed by atoms with E-state index in [1.165, 1.54) is 0 Å². The Morgan fingerprint density at radius 2 is 1.97 bits per heavy atom. The number of aryl methyl sites for hydroxylation is 3. The number of halogens is 3. The van der Waals surface area contributed by atoms with Crippen LogP contribution in [0.2, 0.25) is 0 Å². The lowest BCUT2D eigenvalue weighted by Gasteiger charge is -2.42. The summed E-state index contributed by atoms with van der Waals surface area (Å²) in [6.07, 6.45) is 1.71. The van der Waals surface area contributed by atoms with Gasteiger partial charge in [0.1, 0.15) is 17.1 Å². The maximum Gasteiger partial charge on any atom is 0.401 e. The predicted molar refractivity (Wildman–Crippen MR) is 117 cm³/mol. The molecule has 1 aliphatic heterocycles. The number of rotatable bonds is 4. The van der Waals surface area contributed by atoms with Gasteiger partial charge in [0.25, 0.3) is 0 Å². The van der Waals surface area contributed by atoms with Gasteiger partial charge in [0.05, 0.1) is 17.6 Å². The standard InChI is InChI=1S/C22H22F3N9/c1-13-11-26-20(28-16-4-7-27-32(16)2)29-17(13)14-10-15-18-30-31-19(34(18)9-8-33(15)12-14)21(5-3-6-21)22(23,24)25/h4,7,10-12H,3,5-6,8-9H2,1-2H3,(H,26,28,29). The molecule has 4 aromatic rings. The summed E-state index contributed by atoms with van der Waals surface area (Å²) in [4.78, 5) is 9.05. The van der Waals surface area contributed by atoms with E-state index < -0.39 is 11.6 Å². The first-order valence-electron chi connectivity index (χ1n) is 11.1. The molecule has 5 heterocycles. The Bertz CT molecular complexity index is 1390. The second-order valence-corrected chi connectivity index (χ2v) is 8.93. The molecule has 34 heavy (non-hydrogen) atoms. The zero-order valence-electron chi connectivity index (χ0n) is 18.6. The van der Waals surface area contributed by atoms with E-state index in [1.54, 1.807) is 21.6 Å². The largest absolute Gasteiger partial charge is 0.401 e. The molecular formula is C22H22F3N9. The average Bonchev–Trinajstić information content (AvgIpc) is 3.46. The third-order valence-corrected chi connectivity index (χ3v) is 6.92. The highest BCUT2D eigenvalue weighted by Gasteiger charge is 2.62. The van der Waals surface area contributed by atoms with E-state index in [0.29, 0.717) is 31.3 Å². The van der Waals surface area contributed by atoms with Crippen molar-refractivity contribution >= 4 is 11.8 Å². The number of nitrogens with zero attached hydrogens (tertiary/aromatic N) is 8. The van der Waals surface area contributed by atoms with Crippen LogP contribution >= 0.6 is 0 Å². The second kappa shape index (κ2) is 7.15. The van der Waals surface area contributed by atoms with Gasteiger partial charge in [-0.3, -0.25) is 4.68 Å². The summed E-state index contributed by atoms with van der Waals surface area (Å²) in [6, 6.07) is 3.73. The van der Waals surface area contributed by atoms with Crippen molar-refractivity contribution < 1.29 is 13.2 Å². The molecule has 2 aliphatic rings. The maximum absolute atomic E-state index is 13.9. The minimum absolute atomic E-state index is 0.0381. The highest BCUT2D eigenvalue weighted by atomic mass is 19.4. The van der Waals surface area contributed by atoms with Crippen molar-refractivity contribution in [3.63, 3.8) is 0 Å². The number of anilines is 2. The van der Waals surface area contributed by atoms with Gasteiger partial charge >= 0.3 is 6.18 Å². The molecule has 0 unspecified atom stereocenters. The quantitative estimate of drug-likeness (QED) is 0.486. The van der Waals surface area contributed by atoms with Crippen molar-refractivity contribution in [1.82, 2.24) is 39.1 Å². The molecule has 0 atom stereocenters. The van der Waals surface area contributed by atoms with Gasteiger partial charge in [-0.2, -0.15) is 18.3 Å². The summed E-state index contributed by atoms with van der Waals surface area (Å²) in [5, 5.41) is 15.5. The van der Waals surface area contributed by atoms with E-state index >= 15 is 0 Å². The van der Waals surface area contributed by atoms with E-state index in [4.69, 9.17) is 0 Å². The fourth-order valence-electron chi connectivity index (χ4n) is 4.85. The van der Waals surface area contributed by atoms with Crippen LogP contribution in [-0.4, -0.2) is 45.3 Å². The fraction of sp³-hybridized carbons (Fsp3) is 0.409. The molecule has 0 amide bonds. The Morgan fingerprint density at radius 3 is 2.65 bits per heavy atom. The lowest BCUT2D eigenvalue weighted by atomic mass is 9.67. The van der Waals surface area contributed by atoms with Gasteiger partial charge in [0.2, 0.25) is 5.95 Å². The van der Waals surface area contributed by atoms with Crippen molar-refractivity contribution in [2.24, 2.45) is 7.05 Å². The summed E-state index contributed by atoms with van der Waals surface area (Å²) in [5.74, 6) is 1.68. The molecule has 1 saturated carbocycles. The average molecular weight is 469 g/mol. The molecule has 9 nitrogen and oxygen atoms in total. The van der Waals surface area contributed by atoms with Crippen LogP contribution < -0.4 is 5.32 Å². The van der Waals surface area contributed by atoms with Crippen LogP contribution in [0, 0.1) is 6.92 Å². The molecule has 6 rings (SSSR count). The van der Waals surface area contributed by atoms with E-state index in [0.717, 1.165) is 28.3 Å². The third-order valence-electron chi connectivity index (χ3n) is 6.92.